The van der Waals surface area contributed by atoms with Crippen LogP contribution in [0.25, 0.3) is 21.5 Å². The smallest absolute Gasteiger partial charge is 0.191 e. The molecule has 0 fully saturated rings. The summed E-state index contributed by atoms with van der Waals surface area (Å²) in [5, 5.41) is 10.6. The van der Waals surface area contributed by atoms with E-state index in [0.717, 1.165) is 39.2 Å². The molecule has 3 N–H and O–H groups in total. The van der Waals surface area contributed by atoms with Crippen molar-refractivity contribution in [3.8, 4) is 10.6 Å². The van der Waals surface area contributed by atoms with Crippen molar-refractivity contribution in [3.05, 3.63) is 77.2 Å². The third-order valence-electron chi connectivity index (χ3n) is 4.65. The van der Waals surface area contributed by atoms with Gasteiger partial charge in [0.05, 0.1) is 12.2 Å². The first kappa shape index (κ1) is 22.2. The molecule has 156 valence electrons. The van der Waals surface area contributed by atoms with Crippen molar-refractivity contribution >= 4 is 52.2 Å². The number of aromatic nitrogens is 2. The summed E-state index contributed by atoms with van der Waals surface area (Å²) < 4.78 is 13.5. The molecule has 4 aromatic rings. The van der Waals surface area contributed by atoms with Gasteiger partial charge in [0.2, 0.25) is 0 Å². The van der Waals surface area contributed by atoms with Crippen molar-refractivity contribution in [2.45, 2.75) is 13.0 Å². The van der Waals surface area contributed by atoms with Crippen molar-refractivity contribution in [1.82, 2.24) is 20.6 Å². The molecular formula is C22H23FIN5S. The minimum Gasteiger partial charge on any atom is -0.361 e. The maximum atomic E-state index is 13.5. The Balaban J connectivity index is 0.00000256. The quantitative estimate of drug-likeness (QED) is 0.186. The molecule has 0 atom stereocenters. The first-order valence-electron chi connectivity index (χ1n) is 9.43. The average molecular weight is 535 g/mol. The first-order chi connectivity index (χ1) is 14.2. The van der Waals surface area contributed by atoms with Crippen LogP contribution in [-0.4, -0.2) is 29.5 Å². The van der Waals surface area contributed by atoms with E-state index in [-0.39, 0.29) is 29.8 Å². The molecule has 5 nitrogen and oxygen atoms in total. The molecule has 4 rings (SSSR count). The zero-order valence-corrected chi connectivity index (χ0v) is 19.6. The monoisotopic (exact) mass is 535 g/mol. The SMILES string of the molecule is CN=C(NCCc1c[nH]c2ccc(F)cc12)NCc1csc(-c2ccccc2)n1.I. The Hall–Kier alpha value is -2.46. The van der Waals surface area contributed by atoms with Gasteiger partial charge in [-0.05, 0) is 30.2 Å². The molecule has 0 saturated carbocycles. The molecule has 0 aliphatic carbocycles. The number of aromatic amines is 1. The van der Waals surface area contributed by atoms with Crippen LogP contribution >= 0.6 is 35.3 Å². The molecular weight excluding hydrogens is 512 g/mol. The number of aliphatic imine (C=N–C) groups is 1. The first-order valence-corrected chi connectivity index (χ1v) is 10.3. The highest BCUT2D eigenvalue weighted by atomic mass is 127. The van der Waals surface area contributed by atoms with Gasteiger partial charge in [0.25, 0.3) is 0 Å². The number of rotatable bonds is 6. The molecule has 0 radical (unpaired) electrons. The lowest BCUT2D eigenvalue weighted by Gasteiger charge is -2.10. The minimum atomic E-state index is -0.220. The maximum Gasteiger partial charge on any atom is 0.191 e. The lowest BCUT2D eigenvalue weighted by molar-refractivity contribution is 0.629. The van der Waals surface area contributed by atoms with E-state index in [4.69, 9.17) is 0 Å². The van der Waals surface area contributed by atoms with E-state index in [1.807, 2.05) is 24.4 Å². The van der Waals surface area contributed by atoms with Crippen LogP contribution in [-0.2, 0) is 13.0 Å². The van der Waals surface area contributed by atoms with Crippen LogP contribution in [0.1, 0.15) is 11.3 Å². The zero-order valence-electron chi connectivity index (χ0n) is 16.5. The number of H-pyrrole nitrogens is 1. The lowest BCUT2D eigenvalue weighted by atomic mass is 10.1. The number of hydrogen-bond acceptors (Lipinski definition) is 3. The van der Waals surface area contributed by atoms with Crippen LogP contribution in [0.2, 0.25) is 0 Å². The maximum absolute atomic E-state index is 13.5. The Labute approximate surface area is 195 Å². The number of benzene rings is 2. The number of fused-ring (bicyclic) bond motifs is 1. The normalized spacial score (nSPS) is 11.3. The van der Waals surface area contributed by atoms with E-state index in [1.165, 1.54) is 6.07 Å². The van der Waals surface area contributed by atoms with Gasteiger partial charge in [-0.2, -0.15) is 0 Å². The molecule has 0 amide bonds. The molecule has 8 heteroatoms. The van der Waals surface area contributed by atoms with Gasteiger partial charge in [-0.3, -0.25) is 4.99 Å². The topological polar surface area (TPSA) is 65.1 Å². The summed E-state index contributed by atoms with van der Waals surface area (Å²) in [4.78, 5) is 12.1. The largest absolute Gasteiger partial charge is 0.361 e. The molecule has 0 aliphatic rings. The van der Waals surface area contributed by atoms with Crippen molar-refractivity contribution in [2.24, 2.45) is 4.99 Å². The van der Waals surface area contributed by atoms with Crippen molar-refractivity contribution in [1.29, 1.82) is 0 Å². The van der Waals surface area contributed by atoms with Crippen molar-refractivity contribution < 1.29 is 4.39 Å². The highest BCUT2D eigenvalue weighted by molar-refractivity contribution is 14.0. The van der Waals surface area contributed by atoms with E-state index in [1.54, 1.807) is 30.5 Å². The number of guanidine groups is 1. The Kier molecular flexibility index (Phi) is 7.81. The molecule has 0 aliphatic heterocycles. The Bertz CT molecular complexity index is 1120. The molecule has 2 heterocycles. The third-order valence-corrected chi connectivity index (χ3v) is 5.59. The number of thiazole rings is 1. The van der Waals surface area contributed by atoms with Crippen LogP contribution in [0.5, 0.6) is 0 Å². The van der Waals surface area contributed by atoms with Crippen molar-refractivity contribution in [2.75, 3.05) is 13.6 Å². The summed E-state index contributed by atoms with van der Waals surface area (Å²) in [5.41, 5.74) is 4.13. The number of halogens is 2. The molecule has 30 heavy (non-hydrogen) atoms. The third kappa shape index (κ3) is 5.37. The van der Waals surface area contributed by atoms with E-state index < -0.39 is 0 Å². The predicted octanol–water partition coefficient (Wildman–Crippen LogP) is 4.96. The van der Waals surface area contributed by atoms with Crippen LogP contribution in [0.15, 0.2) is 65.1 Å². The second-order valence-electron chi connectivity index (χ2n) is 6.62. The fourth-order valence-corrected chi connectivity index (χ4v) is 4.00. The summed E-state index contributed by atoms with van der Waals surface area (Å²) in [5.74, 6) is 0.493. The van der Waals surface area contributed by atoms with Gasteiger partial charge in [0, 0.05) is 41.6 Å². The minimum absolute atomic E-state index is 0. The standard InChI is InChI=1S/C22H22FN5S.HI/c1-24-22(25-10-9-16-12-26-20-8-7-17(23)11-19(16)20)27-13-18-14-29-21(28-18)15-5-3-2-4-6-15;/h2-8,11-12,14,26H,9-10,13H2,1H3,(H2,24,25,27);1H. The van der Waals surface area contributed by atoms with Gasteiger partial charge in [0.15, 0.2) is 5.96 Å². The molecule has 0 bridgehead atoms. The number of nitrogens with zero attached hydrogens (tertiary/aromatic N) is 2. The van der Waals surface area contributed by atoms with Gasteiger partial charge >= 0.3 is 0 Å². The average Bonchev–Trinajstić information content (AvgIpc) is 3.38. The van der Waals surface area contributed by atoms with E-state index >= 15 is 0 Å². The fraction of sp³-hybridized carbons (Fsp3) is 0.182. The molecule has 0 saturated heterocycles. The van der Waals surface area contributed by atoms with Gasteiger partial charge < -0.3 is 15.6 Å². The highest BCUT2D eigenvalue weighted by Crippen LogP contribution is 2.23. The molecule has 0 spiro atoms. The number of hydrogen-bond donors (Lipinski definition) is 3. The summed E-state index contributed by atoms with van der Waals surface area (Å²) in [6, 6.07) is 15.0. The van der Waals surface area contributed by atoms with Gasteiger partial charge in [-0.15, -0.1) is 35.3 Å². The second-order valence-corrected chi connectivity index (χ2v) is 7.47. The van der Waals surface area contributed by atoms with Crippen LogP contribution in [0, 0.1) is 5.82 Å². The Morgan fingerprint density at radius 3 is 2.80 bits per heavy atom. The fourth-order valence-electron chi connectivity index (χ4n) is 3.17. The number of nitrogens with one attached hydrogen (secondary N) is 3. The van der Waals surface area contributed by atoms with Crippen LogP contribution in [0.3, 0.4) is 0 Å². The van der Waals surface area contributed by atoms with Gasteiger partial charge in [-0.25, -0.2) is 9.37 Å². The Morgan fingerprint density at radius 2 is 2.00 bits per heavy atom. The highest BCUT2D eigenvalue weighted by Gasteiger charge is 2.07. The van der Waals surface area contributed by atoms with Crippen molar-refractivity contribution in [3.63, 3.8) is 0 Å². The summed E-state index contributed by atoms with van der Waals surface area (Å²) >= 11 is 1.63. The van der Waals surface area contributed by atoms with E-state index in [9.17, 15) is 4.39 Å². The summed E-state index contributed by atoms with van der Waals surface area (Å²) in [6.07, 6.45) is 2.70. The zero-order chi connectivity index (χ0) is 20.1. The van der Waals surface area contributed by atoms with E-state index in [2.05, 4.69) is 43.1 Å². The predicted molar refractivity (Wildman–Crippen MR) is 133 cm³/mol. The van der Waals surface area contributed by atoms with E-state index in [0.29, 0.717) is 19.0 Å². The lowest BCUT2D eigenvalue weighted by Crippen LogP contribution is -2.37. The molecule has 2 aromatic carbocycles. The van der Waals surface area contributed by atoms with Gasteiger partial charge in [0.1, 0.15) is 10.8 Å². The van der Waals surface area contributed by atoms with Crippen LogP contribution < -0.4 is 10.6 Å². The molecule has 2 aromatic heterocycles. The second kappa shape index (κ2) is 10.5. The van der Waals surface area contributed by atoms with Crippen LogP contribution in [0.4, 0.5) is 4.39 Å². The summed E-state index contributed by atoms with van der Waals surface area (Å²) in [7, 11) is 1.74. The van der Waals surface area contributed by atoms with Gasteiger partial charge in [-0.1, -0.05) is 30.3 Å². The Morgan fingerprint density at radius 1 is 1.17 bits per heavy atom. The molecule has 0 unspecified atom stereocenters. The summed E-state index contributed by atoms with van der Waals surface area (Å²) in [6.45, 7) is 1.29.